The number of rotatable bonds is 6. The van der Waals surface area contributed by atoms with Crippen LogP contribution in [0, 0.1) is 0 Å². The fraction of sp³-hybridized carbons (Fsp3) is 0.176. The van der Waals surface area contributed by atoms with Crippen LogP contribution in [0.1, 0.15) is 40.7 Å². The number of hydrogen-bond acceptors (Lipinski definition) is 7. The summed E-state index contributed by atoms with van der Waals surface area (Å²) in [5.74, 6) is -2.26. The number of anilines is 1. The van der Waals surface area contributed by atoms with E-state index in [1.807, 2.05) is 6.92 Å². The molecule has 0 saturated heterocycles. The molecule has 0 unspecified atom stereocenters. The number of primary amides is 1. The topological polar surface area (TPSA) is 149 Å². The minimum absolute atomic E-state index is 0.0415. The standard InChI is InChI=1S/C13H8N2O5S.C4H9NO/c16-11(8-2-1-4-19-8)14-12-9(13(17)18)10(15-20-12)7-3-5-21-6-7;1-2-3-4(5)6/h1-6H,(H,14,16)(H,17,18);2-3H2,1H3,(H2,5,6). The molecule has 142 valence electrons. The molecule has 10 heteroatoms. The van der Waals surface area contributed by atoms with Gasteiger partial charge in [0.2, 0.25) is 11.8 Å². The number of furan rings is 1. The van der Waals surface area contributed by atoms with Crippen LogP contribution in [0.15, 0.2) is 44.2 Å². The summed E-state index contributed by atoms with van der Waals surface area (Å²) < 4.78 is 9.88. The molecule has 0 spiro atoms. The second-order valence-corrected chi connectivity index (χ2v) is 5.98. The zero-order chi connectivity index (χ0) is 19.8. The Balaban J connectivity index is 0.000000380. The first kappa shape index (κ1) is 19.9. The van der Waals surface area contributed by atoms with Crippen LogP contribution in [0.3, 0.4) is 0 Å². The van der Waals surface area contributed by atoms with Crippen molar-refractivity contribution in [2.45, 2.75) is 19.8 Å². The molecule has 0 aliphatic heterocycles. The van der Waals surface area contributed by atoms with Gasteiger partial charge in [-0.15, -0.1) is 0 Å². The highest BCUT2D eigenvalue weighted by Gasteiger charge is 2.26. The average Bonchev–Trinajstić information content (AvgIpc) is 3.36. The summed E-state index contributed by atoms with van der Waals surface area (Å²) in [5, 5.41) is 18.9. The maximum atomic E-state index is 11.9. The number of nitrogens with two attached hydrogens (primary N) is 1. The van der Waals surface area contributed by atoms with Gasteiger partial charge in [0.05, 0.1) is 6.26 Å². The number of carboxylic acids is 1. The largest absolute Gasteiger partial charge is 0.477 e. The van der Waals surface area contributed by atoms with Crippen LogP contribution in [0.2, 0.25) is 0 Å². The monoisotopic (exact) mass is 391 g/mol. The van der Waals surface area contributed by atoms with Gasteiger partial charge in [0, 0.05) is 17.4 Å². The summed E-state index contributed by atoms with van der Waals surface area (Å²) in [6.07, 6.45) is 2.71. The summed E-state index contributed by atoms with van der Waals surface area (Å²) in [6.45, 7) is 1.92. The maximum Gasteiger partial charge on any atom is 0.343 e. The van der Waals surface area contributed by atoms with Gasteiger partial charge < -0.3 is 19.8 Å². The fourth-order valence-corrected chi connectivity index (χ4v) is 2.63. The molecule has 9 nitrogen and oxygen atoms in total. The first-order valence-corrected chi connectivity index (χ1v) is 8.77. The number of hydrogen-bond donors (Lipinski definition) is 3. The molecule has 0 bridgehead atoms. The molecule has 0 aliphatic rings. The Morgan fingerprint density at radius 1 is 1.33 bits per heavy atom. The molecule has 0 atom stereocenters. The summed E-state index contributed by atoms with van der Waals surface area (Å²) in [6, 6.07) is 4.71. The molecule has 0 radical (unpaired) electrons. The van der Waals surface area contributed by atoms with E-state index in [-0.39, 0.29) is 28.8 Å². The number of carbonyl (C=O) groups excluding carboxylic acids is 2. The van der Waals surface area contributed by atoms with Crippen LogP contribution >= 0.6 is 11.3 Å². The zero-order valence-corrected chi connectivity index (χ0v) is 15.1. The van der Waals surface area contributed by atoms with Crippen molar-refractivity contribution in [2.24, 2.45) is 5.73 Å². The molecule has 3 heterocycles. The number of aromatic nitrogens is 1. The lowest BCUT2D eigenvalue weighted by atomic mass is 10.1. The number of nitrogens with zero attached hydrogens (tertiary/aromatic N) is 1. The smallest absolute Gasteiger partial charge is 0.343 e. The molecule has 3 aromatic rings. The van der Waals surface area contributed by atoms with Gasteiger partial charge in [-0.25, -0.2) is 4.79 Å². The zero-order valence-electron chi connectivity index (χ0n) is 14.3. The van der Waals surface area contributed by atoms with Gasteiger partial charge in [-0.3, -0.25) is 14.9 Å². The Kier molecular flexibility index (Phi) is 6.89. The van der Waals surface area contributed by atoms with Crippen molar-refractivity contribution in [1.82, 2.24) is 5.16 Å². The summed E-state index contributed by atoms with van der Waals surface area (Å²) >= 11 is 1.40. The Morgan fingerprint density at radius 2 is 2.11 bits per heavy atom. The minimum Gasteiger partial charge on any atom is -0.477 e. The first-order valence-electron chi connectivity index (χ1n) is 7.82. The Morgan fingerprint density at radius 3 is 2.59 bits per heavy atom. The summed E-state index contributed by atoms with van der Waals surface area (Å²) in [5.41, 5.74) is 5.34. The fourth-order valence-electron chi connectivity index (χ4n) is 1.99. The van der Waals surface area contributed by atoms with Crippen molar-refractivity contribution < 1.29 is 28.4 Å². The van der Waals surface area contributed by atoms with Crippen molar-refractivity contribution in [2.75, 3.05) is 5.32 Å². The predicted molar refractivity (Wildman–Crippen MR) is 97.5 cm³/mol. The van der Waals surface area contributed by atoms with Crippen LogP contribution in [-0.4, -0.2) is 28.0 Å². The maximum absolute atomic E-state index is 11.9. The van der Waals surface area contributed by atoms with E-state index in [0.717, 1.165) is 6.42 Å². The van der Waals surface area contributed by atoms with Gasteiger partial charge in [0.25, 0.3) is 5.91 Å². The van der Waals surface area contributed by atoms with E-state index in [2.05, 4.69) is 10.5 Å². The van der Waals surface area contributed by atoms with E-state index >= 15 is 0 Å². The van der Waals surface area contributed by atoms with Crippen LogP contribution in [0.25, 0.3) is 11.3 Å². The van der Waals surface area contributed by atoms with E-state index < -0.39 is 11.9 Å². The van der Waals surface area contributed by atoms with E-state index in [9.17, 15) is 19.5 Å². The number of amides is 2. The van der Waals surface area contributed by atoms with Crippen LogP contribution < -0.4 is 11.1 Å². The van der Waals surface area contributed by atoms with Gasteiger partial charge >= 0.3 is 5.97 Å². The summed E-state index contributed by atoms with van der Waals surface area (Å²) in [4.78, 5) is 33.1. The third kappa shape index (κ3) is 5.28. The van der Waals surface area contributed by atoms with Gasteiger partial charge in [-0.05, 0) is 30.0 Å². The lowest BCUT2D eigenvalue weighted by Gasteiger charge is -1.99. The second-order valence-electron chi connectivity index (χ2n) is 5.20. The Bertz CT molecular complexity index is 899. The minimum atomic E-state index is -1.24. The van der Waals surface area contributed by atoms with E-state index in [1.54, 1.807) is 22.9 Å². The SMILES string of the molecule is CCCC(N)=O.O=C(Nc1onc(-c2ccsc2)c1C(=O)O)c1ccco1. The lowest BCUT2D eigenvalue weighted by Crippen LogP contribution is -2.13. The molecule has 0 saturated carbocycles. The van der Waals surface area contributed by atoms with Gasteiger partial charge in [0.1, 0.15) is 5.69 Å². The van der Waals surface area contributed by atoms with Crippen molar-refractivity contribution in [1.29, 1.82) is 0 Å². The van der Waals surface area contributed by atoms with E-state index in [4.69, 9.17) is 14.7 Å². The second kappa shape index (κ2) is 9.34. The van der Waals surface area contributed by atoms with Crippen LogP contribution in [-0.2, 0) is 4.79 Å². The van der Waals surface area contributed by atoms with Crippen molar-refractivity contribution in [3.05, 3.63) is 46.5 Å². The highest BCUT2D eigenvalue weighted by molar-refractivity contribution is 7.08. The molecule has 0 aliphatic carbocycles. The average molecular weight is 391 g/mol. The van der Waals surface area contributed by atoms with E-state index in [0.29, 0.717) is 12.0 Å². The van der Waals surface area contributed by atoms with Crippen molar-refractivity contribution in [3.8, 4) is 11.3 Å². The molecule has 2 amide bonds. The molecule has 3 aromatic heterocycles. The highest BCUT2D eigenvalue weighted by atomic mass is 32.1. The number of nitrogens with one attached hydrogen (secondary N) is 1. The van der Waals surface area contributed by atoms with Gasteiger partial charge in [-0.2, -0.15) is 11.3 Å². The molecule has 4 N–H and O–H groups in total. The van der Waals surface area contributed by atoms with Crippen LogP contribution in [0.4, 0.5) is 5.88 Å². The molecular weight excluding hydrogens is 374 g/mol. The van der Waals surface area contributed by atoms with Gasteiger partial charge in [0.15, 0.2) is 11.3 Å². The van der Waals surface area contributed by atoms with Gasteiger partial charge in [-0.1, -0.05) is 12.1 Å². The normalized spacial score (nSPS) is 9.96. The Hall–Kier alpha value is -3.40. The lowest BCUT2D eigenvalue weighted by molar-refractivity contribution is -0.118. The number of carbonyl (C=O) groups is 3. The third-order valence-electron chi connectivity index (χ3n) is 3.17. The van der Waals surface area contributed by atoms with Crippen molar-refractivity contribution in [3.63, 3.8) is 0 Å². The van der Waals surface area contributed by atoms with E-state index in [1.165, 1.54) is 23.7 Å². The number of thiophene rings is 1. The molecular formula is C17H17N3O6S. The summed E-state index contributed by atoms with van der Waals surface area (Å²) in [7, 11) is 0. The molecule has 3 rings (SSSR count). The number of aromatic carboxylic acids is 1. The first-order chi connectivity index (χ1) is 12.9. The van der Waals surface area contributed by atoms with Crippen molar-refractivity contribution >= 4 is 35.0 Å². The quantitative estimate of drug-likeness (QED) is 0.584. The molecule has 0 aromatic carbocycles. The predicted octanol–water partition coefficient (Wildman–Crippen LogP) is 3.22. The number of carboxylic acid groups (broad SMARTS) is 1. The van der Waals surface area contributed by atoms with Crippen LogP contribution in [0.5, 0.6) is 0 Å². The molecule has 0 fully saturated rings. The highest BCUT2D eigenvalue weighted by Crippen LogP contribution is 2.30. The Labute approximate surface area is 157 Å². The third-order valence-corrected chi connectivity index (χ3v) is 3.85. The molecule has 27 heavy (non-hydrogen) atoms.